The molecule has 1 amide bonds. The molecule has 2 atom stereocenters. The molecule has 0 spiro atoms. The predicted molar refractivity (Wildman–Crippen MR) is 252 cm³/mol. The lowest BCUT2D eigenvalue weighted by Crippen LogP contribution is -2.47. The number of anilines is 4. The van der Waals surface area contributed by atoms with Gasteiger partial charge in [0.15, 0.2) is 0 Å². The maximum atomic E-state index is 13.9. The highest BCUT2D eigenvalue weighted by molar-refractivity contribution is 6.62. The van der Waals surface area contributed by atoms with E-state index < -0.39 is 0 Å². The number of nitrogen functional groups attached to an aromatic ring is 2. The van der Waals surface area contributed by atoms with Crippen molar-refractivity contribution in [3.05, 3.63) is 106 Å². The van der Waals surface area contributed by atoms with Gasteiger partial charge in [-0.3, -0.25) is 29.4 Å². The fourth-order valence-electron chi connectivity index (χ4n) is 7.71. The Morgan fingerprint density at radius 3 is 1.54 bits per heavy atom. The number of pyridine rings is 2. The maximum absolute atomic E-state index is 13.9. The topological polar surface area (TPSA) is 257 Å². The number of piperazine rings is 2. The van der Waals surface area contributed by atoms with Crippen molar-refractivity contribution in [2.24, 2.45) is 0 Å². The van der Waals surface area contributed by atoms with Crippen LogP contribution in [0.25, 0.3) is 21.8 Å². The summed E-state index contributed by atoms with van der Waals surface area (Å²) in [6, 6.07) is 16.8. The third-order valence-electron chi connectivity index (χ3n) is 11.2. The van der Waals surface area contributed by atoms with Gasteiger partial charge in [0.25, 0.3) is 0 Å². The number of rotatable bonds is 10. The van der Waals surface area contributed by atoms with Gasteiger partial charge in [-0.1, -0.05) is 0 Å². The van der Waals surface area contributed by atoms with Gasteiger partial charge in [-0.2, -0.15) is 10.5 Å². The molecule has 8 rings (SSSR count). The predicted octanol–water partition coefficient (Wildman–Crippen LogP) is 5.42. The number of nitrogens with one attached hydrogen (secondary N) is 3. The third-order valence-corrected chi connectivity index (χ3v) is 11.2. The van der Waals surface area contributed by atoms with Crippen LogP contribution in [0, 0.1) is 34.3 Å². The van der Waals surface area contributed by atoms with E-state index in [1.165, 1.54) is 43.8 Å². The number of benzene rings is 2. The molecule has 0 saturated carbocycles. The molecule has 0 radical (unpaired) electrons. The van der Waals surface area contributed by atoms with E-state index in [2.05, 4.69) is 63.4 Å². The fraction of sp³-hybridized carbons (Fsp3) is 0.348. The standard InChI is InChI=1S/C23H25FN8O.C21H23FN8.C2H3ClO/c1-14(29-23-19(11-25)22(26)27-13-28-23)18-9-16-3-4-17(24)10-20(16)30-21(18)12-31-5-7-32(8-6-31)15(2)33;1-13(28-21-17(10-23)20(24)26-12-27-21)16-8-14-2-3-15(22)9-18(14)29-19(16)11-30-6-4-25-5-7-30;1-2(3)4/h3-4,9-10,13-14H,5-8,12H2,1-2H3,(H3,26,27,28,29);2-3,8-9,12-13,25H,4-7,11H2,1H3,(H3,24,26,27,28);1H3/t14-;13-;/m00./s1. The summed E-state index contributed by atoms with van der Waals surface area (Å²) in [5, 5.41) is 30.0. The van der Waals surface area contributed by atoms with Crippen LogP contribution in [0.15, 0.2) is 61.2 Å². The Bertz CT molecular complexity index is 2820. The molecule has 0 unspecified atom stereocenters. The van der Waals surface area contributed by atoms with Crippen LogP contribution in [0.5, 0.6) is 0 Å². The van der Waals surface area contributed by atoms with E-state index in [0.717, 1.165) is 72.6 Å². The monoisotopic (exact) mass is 932 g/mol. The Morgan fingerprint density at radius 2 is 1.13 bits per heavy atom. The molecule has 2 aliphatic rings. The van der Waals surface area contributed by atoms with Gasteiger partial charge in [0.05, 0.1) is 34.5 Å². The zero-order chi connectivity index (χ0) is 48.2. The minimum Gasteiger partial charge on any atom is -0.382 e. The minimum atomic E-state index is -0.361. The highest BCUT2D eigenvalue weighted by Crippen LogP contribution is 2.30. The Labute approximate surface area is 391 Å². The second kappa shape index (κ2) is 22.8. The van der Waals surface area contributed by atoms with Gasteiger partial charge in [-0.25, -0.2) is 28.7 Å². The number of fused-ring (bicyclic) bond motifs is 2. The van der Waals surface area contributed by atoms with Crippen molar-refractivity contribution >= 4 is 67.8 Å². The summed E-state index contributed by atoms with van der Waals surface area (Å²) in [7, 11) is 0. The van der Waals surface area contributed by atoms with Crippen LogP contribution in [0.3, 0.4) is 0 Å². The molecule has 18 nitrogen and oxygen atoms in total. The number of nitriles is 2. The number of aromatic nitrogens is 6. The van der Waals surface area contributed by atoms with Crippen LogP contribution in [-0.2, 0) is 22.7 Å². The van der Waals surface area contributed by atoms with Crippen LogP contribution in [0.2, 0.25) is 0 Å². The molecule has 21 heteroatoms. The van der Waals surface area contributed by atoms with Gasteiger partial charge in [0.2, 0.25) is 11.1 Å². The van der Waals surface area contributed by atoms with Gasteiger partial charge in [0.1, 0.15) is 70.8 Å². The SMILES string of the molecule is CC(=O)Cl.CC(=O)N1CCN(Cc2nc3cc(F)ccc3cc2[C@H](C)Nc2ncnc(N)c2C#N)CC1.C[C@H](Nc1ncnc(N)c1C#N)c1cc2ccc(F)cc2nc1CN1CCNCC1. The van der Waals surface area contributed by atoms with Crippen LogP contribution in [-0.4, -0.2) is 108 Å². The summed E-state index contributed by atoms with van der Waals surface area (Å²) in [5.41, 5.74) is 16.8. The summed E-state index contributed by atoms with van der Waals surface area (Å²) in [6.07, 6.45) is 2.64. The van der Waals surface area contributed by atoms with E-state index in [4.69, 9.17) is 21.4 Å². The van der Waals surface area contributed by atoms with E-state index in [9.17, 15) is 28.9 Å². The average molecular weight is 933 g/mol. The van der Waals surface area contributed by atoms with E-state index in [-0.39, 0.29) is 57.6 Å². The Hall–Kier alpha value is -7.23. The molecule has 2 aromatic carbocycles. The molecule has 2 fully saturated rings. The van der Waals surface area contributed by atoms with Crippen LogP contribution < -0.4 is 27.4 Å². The fourth-order valence-corrected chi connectivity index (χ4v) is 7.71. The van der Waals surface area contributed by atoms with Crippen molar-refractivity contribution in [3.63, 3.8) is 0 Å². The number of carbonyl (C=O) groups is 2. The molecule has 7 N–H and O–H groups in total. The normalized spacial score (nSPS) is 14.9. The summed E-state index contributed by atoms with van der Waals surface area (Å²) < 4.78 is 27.6. The number of nitrogens with zero attached hydrogens (tertiary/aromatic N) is 11. The second-order valence-electron chi connectivity index (χ2n) is 15.9. The van der Waals surface area contributed by atoms with Crippen molar-refractivity contribution < 1.29 is 18.4 Å². The van der Waals surface area contributed by atoms with Gasteiger partial charge in [-0.05, 0) is 73.0 Å². The first kappa shape index (κ1) is 49.2. The Balaban J connectivity index is 0.000000206. The molecule has 348 valence electrons. The lowest BCUT2D eigenvalue weighted by atomic mass is 10.0. The van der Waals surface area contributed by atoms with E-state index in [1.54, 1.807) is 19.1 Å². The van der Waals surface area contributed by atoms with Gasteiger partial charge < -0.3 is 32.3 Å². The summed E-state index contributed by atoms with van der Waals surface area (Å²) in [4.78, 5) is 52.9. The molecule has 6 aromatic rings. The van der Waals surface area contributed by atoms with Gasteiger partial charge >= 0.3 is 0 Å². The summed E-state index contributed by atoms with van der Waals surface area (Å²) in [6.45, 7) is 14.5. The average Bonchev–Trinajstić information content (AvgIpc) is 3.29. The first-order chi connectivity index (χ1) is 32.1. The number of hydrogen-bond acceptors (Lipinski definition) is 17. The highest BCUT2D eigenvalue weighted by atomic mass is 35.5. The maximum Gasteiger partial charge on any atom is 0.219 e. The number of amides is 1. The summed E-state index contributed by atoms with van der Waals surface area (Å²) >= 11 is 4.64. The lowest BCUT2D eigenvalue weighted by molar-refractivity contribution is -0.130. The molecule has 4 aromatic heterocycles. The van der Waals surface area contributed by atoms with Gasteiger partial charge in [-0.15, -0.1) is 0 Å². The molecule has 2 aliphatic heterocycles. The number of nitrogens with two attached hydrogens (primary N) is 2. The van der Waals surface area contributed by atoms with Crippen LogP contribution in [0.1, 0.15) is 73.4 Å². The molecule has 6 heterocycles. The van der Waals surface area contributed by atoms with Crippen molar-refractivity contribution in [2.75, 3.05) is 74.5 Å². The smallest absolute Gasteiger partial charge is 0.219 e. The zero-order valence-corrected chi connectivity index (χ0v) is 38.3. The highest BCUT2D eigenvalue weighted by Gasteiger charge is 2.24. The number of halogens is 3. The second-order valence-corrected chi connectivity index (χ2v) is 16.5. The summed E-state index contributed by atoms with van der Waals surface area (Å²) in [5.74, 6) is 0.392. The van der Waals surface area contributed by atoms with Crippen LogP contribution in [0.4, 0.5) is 32.1 Å². The Kier molecular flexibility index (Phi) is 16.7. The van der Waals surface area contributed by atoms with Gasteiger partial charge in [0, 0.05) is 102 Å². The zero-order valence-electron chi connectivity index (χ0n) is 37.5. The van der Waals surface area contributed by atoms with Crippen LogP contribution >= 0.6 is 11.6 Å². The van der Waals surface area contributed by atoms with Crippen molar-refractivity contribution in [1.82, 2.24) is 49.9 Å². The first-order valence-corrected chi connectivity index (χ1v) is 21.8. The number of hydrogen-bond donors (Lipinski definition) is 5. The first-order valence-electron chi connectivity index (χ1n) is 21.4. The lowest BCUT2D eigenvalue weighted by Gasteiger charge is -2.34. The molecule has 67 heavy (non-hydrogen) atoms. The van der Waals surface area contributed by atoms with E-state index in [0.29, 0.717) is 48.8 Å². The largest absolute Gasteiger partial charge is 0.382 e. The number of carbonyl (C=O) groups excluding carboxylic acids is 2. The quantitative estimate of drug-likeness (QED) is 0.107. The van der Waals surface area contributed by atoms with Crippen molar-refractivity contribution in [1.29, 1.82) is 10.5 Å². The van der Waals surface area contributed by atoms with Crippen molar-refractivity contribution in [2.45, 2.75) is 52.9 Å². The molecule has 0 bridgehead atoms. The third kappa shape index (κ3) is 13.0. The Morgan fingerprint density at radius 1 is 0.716 bits per heavy atom. The minimum absolute atomic E-state index is 0.0740. The molecular weight excluding hydrogens is 882 g/mol. The molecule has 2 saturated heterocycles. The van der Waals surface area contributed by atoms with E-state index >= 15 is 0 Å². The molecule has 0 aliphatic carbocycles. The van der Waals surface area contributed by atoms with Crippen molar-refractivity contribution in [3.8, 4) is 12.1 Å². The molecular formula is C46H51ClF2N16O2. The van der Waals surface area contributed by atoms with E-state index in [1.807, 2.05) is 36.9 Å².